The van der Waals surface area contributed by atoms with Gasteiger partial charge in [0.25, 0.3) is 0 Å². The minimum atomic E-state index is -0.115. The topological polar surface area (TPSA) is 20.2 Å². The van der Waals surface area contributed by atoms with Crippen LogP contribution in [0.3, 0.4) is 0 Å². The van der Waals surface area contributed by atoms with Crippen molar-refractivity contribution < 1.29 is 5.11 Å². The Balaban J connectivity index is 1.53. The van der Waals surface area contributed by atoms with Gasteiger partial charge in [-0.1, -0.05) is 70.1 Å². The van der Waals surface area contributed by atoms with E-state index in [0.717, 1.165) is 36.5 Å². The third-order valence-electron chi connectivity index (χ3n) is 10.0. The fourth-order valence-electron chi connectivity index (χ4n) is 7.86. The molecule has 0 saturated heterocycles. The molecule has 7 unspecified atom stereocenters. The summed E-state index contributed by atoms with van der Waals surface area (Å²) in [5.74, 6) is 3.78. The molecule has 162 valence electrons. The molecule has 0 aromatic heterocycles. The standard InChI is InChI=1S/C28H44O/c1-18(2)19(3)7-8-20(4)24-11-12-25-23-10-9-21-17-22(29)13-15-27(21,5)26(23)14-16-28(24,25)6/h9-10,18,20,22,24-26,29H,3,7-8,11-17H2,1-2,4-6H3. The molecule has 4 aliphatic carbocycles. The monoisotopic (exact) mass is 396 g/mol. The normalized spacial score (nSPS) is 42.4. The molecule has 0 aromatic rings. The first-order valence-corrected chi connectivity index (χ1v) is 12.4. The Bertz CT molecular complexity index is 712. The van der Waals surface area contributed by atoms with E-state index in [1.807, 2.05) is 0 Å². The minimum Gasteiger partial charge on any atom is -0.393 e. The lowest BCUT2D eigenvalue weighted by atomic mass is 9.50. The van der Waals surface area contributed by atoms with E-state index in [4.69, 9.17) is 0 Å². The molecule has 0 aliphatic heterocycles. The zero-order valence-corrected chi connectivity index (χ0v) is 19.6. The van der Waals surface area contributed by atoms with Gasteiger partial charge in [-0.3, -0.25) is 0 Å². The Morgan fingerprint density at radius 3 is 2.55 bits per heavy atom. The molecule has 0 amide bonds. The van der Waals surface area contributed by atoms with Crippen molar-refractivity contribution in [1.29, 1.82) is 0 Å². The lowest BCUT2D eigenvalue weighted by Gasteiger charge is -2.55. The maximum atomic E-state index is 10.2. The Labute approximate surface area is 179 Å². The maximum absolute atomic E-state index is 10.2. The first kappa shape index (κ1) is 21.4. The Kier molecular flexibility index (Phi) is 5.69. The van der Waals surface area contributed by atoms with Crippen LogP contribution >= 0.6 is 0 Å². The molecule has 0 heterocycles. The SMILES string of the molecule is C=C(CCC(C)C1CCC2C3=CC=C4CC(O)CCC4(C)C3CCC21C)C(C)C. The Morgan fingerprint density at radius 2 is 1.83 bits per heavy atom. The van der Waals surface area contributed by atoms with Gasteiger partial charge in [0, 0.05) is 0 Å². The summed E-state index contributed by atoms with van der Waals surface area (Å²) in [7, 11) is 0. The molecule has 0 aromatic carbocycles. The molecule has 3 saturated carbocycles. The van der Waals surface area contributed by atoms with E-state index in [1.54, 1.807) is 5.57 Å². The summed E-state index contributed by atoms with van der Waals surface area (Å²) in [4.78, 5) is 0. The van der Waals surface area contributed by atoms with Gasteiger partial charge in [-0.2, -0.15) is 0 Å². The molecule has 0 spiro atoms. The second-order valence-electron chi connectivity index (χ2n) is 11.8. The highest BCUT2D eigenvalue weighted by Gasteiger charge is 2.56. The Hall–Kier alpha value is -0.820. The molecule has 4 rings (SSSR count). The first-order chi connectivity index (χ1) is 13.7. The van der Waals surface area contributed by atoms with Crippen LogP contribution in [0.5, 0.6) is 0 Å². The van der Waals surface area contributed by atoms with Crippen LogP contribution in [0.25, 0.3) is 0 Å². The zero-order valence-electron chi connectivity index (χ0n) is 19.6. The smallest absolute Gasteiger partial charge is 0.0578 e. The number of fused-ring (bicyclic) bond motifs is 5. The second-order valence-corrected chi connectivity index (χ2v) is 11.8. The van der Waals surface area contributed by atoms with Crippen molar-refractivity contribution in [3.63, 3.8) is 0 Å². The summed E-state index contributed by atoms with van der Waals surface area (Å²) >= 11 is 0. The predicted molar refractivity (Wildman–Crippen MR) is 124 cm³/mol. The average molecular weight is 397 g/mol. The summed E-state index contributed by atoms with van der Waals surface area (Å²) in [5, 5.41) is 10.2. The third kappa shape index (κ3) is 3.50. The van der Waals surface area contributed by atoms with Gasteiger partial charge >= 0.3 is 0 Å². The van der Waals surface area contributed by atoms with E-state index in [9.17, 15) is 5.11 Å². The van der Waals surface area contributed by atoms with Gasteiger partial charge in [0.15, 0.2) is 0 Å². The molecule has 1 nitrogen and oxygen atoms in total. The Morgan fingerprint density at radius 1 is 1.07 bits per heavy atom. The van der Waals surface area contributed by atoms with Crippen LogP contribution in [0.1, 0.15) is 92.4 Å². The van der Waals surface area contributed by atoms with Crippen molar-refractivity contribution in [2.45, 2.75) is 98.5 Å². The molecular formula is C28H44O. The fraction of sp³-hybridized carbons (Fsp3) is 0.786. The van der Waals surface area contributed by atoms with Crippen LogP contribution in [-0.2, 0) is 0 Å². The molecule has 0 bridgehead atoms. The highest BCUT2D eigenvalue weighted by atomic mass is 16.3. The molecule has 4 aliphatic rings. The average Bonchev–Trinajstić information content (AvgIpc) is 3.03. The van der Waals surface area contributed by atoms with E-state index < -0.39 is 0 Å². The lowest BCUT2D eigenvalue weighted by Crippen LogP contribution is -2.46. The third-order valence-corrected chi connectivity index (χ3v) is 10.0. The van der Waals surface area contributed by atoms with Crippen molar-refractivity contribution in [3.05, 3.63) is 35.5 Å². The molecule has 1 N–H and O–H groups in total. The molecule has 29 heavy (non-hydrogen) atoms. The van der Waals surface area contributed by atoms with Crippen LogP contribution in [-0.4, -0.2) is 11.2 Å². The quantitative estimate of drug-likeness (QED) is 0.478. The van der Waals surface area contributed by atoms with Gasteiger partial charge in [0.2, 0.25) is 0 Å². The molecule has 7 atom stereocenters. The van der Waals surface area contributed by atoms with Crippen molar-refractivity contribution in [2.24, 2.45) is 40.4 Å². The molecule has 0 radical (unpaired) electrons. The van der Waals surface area contributed by atoms with Crippen molar-refractivity contribution >= 4 is 0 Å². The van der Waals surface area contributed by atoms with E-state index >= 15 is 0 Å². The summed E-state index contributed by atoms with van der Waals surface area (Å²) in [6, 6.07) is 0. The fourth-order valence-corrected chi connectivity index (χ4v) is 7.86. The van der Waals surface area contributed by atoms with Crippen LogP contribution in [0, 0.1) is 40.4 Å². The van der Waals surface area contributed by atoms with Gasteiger partial charge in [-0.05, 0) is 98.2 Å². The molecular weight excluding hydrogens is 352 g/mol. The second kappa shape index (κ2) is 7.70. The van der Waals surface area contributed by atoms with E-state index in [1.165, 1.54) is 56.1 Å². The number of allylic oxidation sites excluding steroid dienone is 4. The van der Waals surface area contributed by atoms with Gasteiger partial charge in [-0.15, -0.1) is 0 Å². The number of aliphatic hydroxyl groups excluding tert-OH is 1. The van der Waals surface area contributed by atoms with Gasteiger partial charge in [0.05, 0.1) is 6.10 Å². The largest absolute Gasteiger partial charge is 0.393 e. The number of rotatable bonds is 5. The summed E-state index contributed by atoms with van der Waals surface area (Å²) in [6.07, 6.45) is 15.9. The van der Waals surface area contributed by atoms with E-state index in [-0.39, 0.29) is 6.10 Å². The molecule has 3 fully saturated rings. The first-order valence-electron chi connectivity index (χ1n) is 12.4. The highest BCUT2D eigenvalue weighted by Crippen LogP contribution is 2.66. The summed E-state index contributed by atoms with van der Waals surface area (Å²) in [5.41, 5.74) is 5.53. The number of hydrogen-bond donors (Lipinski definition) is 1. The lowest BCUT2D eigenvalue weighted by molar-refractivity contribution is 0.0326. The zero-order chi connectivity index (χ0) is 21.0. The van der Waals surface area contributed by atoms with Crippen molar-refractivity contribution in [1.82, 2.24) is 0 Å². The highest BCUT2D eigenvalue weighted by molar-refractivity contribution is 5.38. The van der Waals surface area contributed by atoms with E-state index in [2.05, 4.69) is 53.3 Å². The maximum Gasteiger partial charge on any atom is 0.0578 e. The number of aliphatic hydroxyl groups is 1. The summed E-state index contributed by atoms with van der Waals surface area (Å²) in [6.45, 7) is 16.6. The van der Waals surface area contributed by atoms with Crippen molar-refractivity contribution in [3.8, 4) is 0 Å². The number of hydrogen-bond acceptors (Lipinski definition) is 1. The van der Waals surface area contributed by atoms with Crippen LogP contribution < -0.4 is 0 Å². The minimum absolute atomic E-state index is 0.115. The van der Waals surface area contributed by atoms with Gasteiger partial charge in [-0.25, -0.2) is 0 Å². The molecule has 1 heteroatoms. The van der Waals surface area contributed by atoms with Crippen molar-refractivity contribution in [2.75, 3.05) is 0 Å². The predicted octanol–water partition coefficient (Wildman–Crippen LogP) is 7.47. The van der Waals surface area contributed by atoms with E-state index in [0.29, 0.717) is 16.7 Å². The van der Waals surface area contributed by atoms with Gasteiger partial charge < -0.3 is 5.11 Å². The summed E-state index contributed by atoms with van der Waals surface area (Å²) < 4.78 is 0. The van der Waals surface area contributed by atoms with Crippen LogP contribution in [0.2, 0.25) is 0 Å². The van der Waals surface area contributed by atoms with Gasteiger partial charge in [0.1, 0.15) is 0 Å². The van der Waals surface area contributed by atoms with Crippen LogP contribution in [0.15, 0.2) is 35.5 Å². The van der Waals surface area contributed by atoms with Crippen LogP contribution in [0.4, 0.5) is 0 Å².